The molecule has 0 aliphatic heterocycles. The number of Topliss-reactive ketones (excluding diaryl/α,β-unsaturated/α-hetero) is 1. The van der Waals surface area contributed by atoms with Crippen LogP contribution >= 0.6 is 0 Å². The zero-order chi connectivity index (χ0) is 16.7. The molecule has 0 aromatic heterocycles. The number of hydrogen-bond acceptors (Lipinski definition) is 4. The van der Waals surface area contributed by atoms with Crippen molar-refractivity contribution in [1.82, 2.24) is 5.32 Å². The molecule has 0 saturated carbocycles. The third kappa shape index (κ3) is 4.26. The van der Waals surface area contributed by atoms with Crippen LogP contribution in [0.2, 0.25) is 0 Å². The molecular weight excluding hydrogens is 290 g/mol. The Hall–Kier alpha value is -3.44. The first-order chi connectivity index (χ1) is 11.1. The molecular formula is C18H13N3O2. The molecule has 0 heterocycles. The van der Waals surface area contributed by atoms with Crippen molar-refractivity contribution >= 4 is 11.7 Å². The highest BCUT2D eigenvalue weighted by atomic mass is 16.1. The number of nitriles is 2. The minimum Gasteiger partial charge on any atom is -0.348 e. The van der Waals surface area contributed by atoms with Gasteiger partial charge in [0, 0.05) is 17.7 Å². The number of nitrogens with one attached hydrogen (secondary N) is 1. The number of carbonyl (C=O) groups is 2. The van der Waals surface area contributed by atoms with E-state index in [1.807, 2.05) is 6.07 Å². The van der Waals surface area contributed by atoms with Gasteiger partial charge >= 0.3 is 0 Å². The standard InChI is InChI=1S/C18H13N3O2/c19-10-9-17(22)15-5-7-16(8-6-15)18(23)21-12-14-3-1-13(11-20)2-4-14/h1-8H,9,12H2,(H,21,23). The van der Waals surface area contributed by atoms with Gasteiger partial charge in [-0.1, -0.05) is 24.3 Å². The topological polar surface area (TPSA) is 93.8 Å². The first-order valence-electron chi connectivity index (χ1n) is 6.91. The second-order valence-corrected chi connectivity index (χ2v) is 4.83. The van der Waals surface area contributed by atoms with Gasteiger partial charge in [-0.15, -0.1) is 0 Å². The molecule has 1 N–H and O–H groups in total. The van der Waals surface area contributed by atoms with E-state index in [9.17, 15) is 9.59 Å². The fourth-order valence-electron chi connectivity index (χ4n) is 1.96. The van der Waals surface area contributed by atoms with E-state index >= 15 is 0 Å². The highest BCUT2D eigenvalue weighted by Crippen LogP contribution is 2.08. The Kier molecular flexibility index (Phi) is 5.22. The van der Waals surface area contributed by atoms with Gasteiger partial charge in [0.1, 0.15) is 0 Å². The number of amides is 1. The lowest BCUT2D eigenvalue weighted by Gasteiger charge is -2.06. The average molecular weight is 303 g/mol. The largest absolute Gasteiger partial charge is 0.348 e. The van der Waals surface area contributed by atoms with E-state index in [2.05, 4.69) is 5.32 Å². The van der Waals surface area contributed by atoms with Gasteiger partial charge in [0.15, 0.2) is 5.78 Å². The van der Waals surface area contributed by atoms with Crippen LogP contribution in [0.3, 0.4) is 0 Å². The summed E-state index contributed by atoms with van der Waals surface area (Å²) in [4.78, 5) is 23.6. The quantitative estimate of drug-likeness (QED) is 0.859. The molecule has 0 spiro atoms. The molecule has 0 unspecified atom stereocenters. The van der Waals surface area contributed by atoms with Crippen molar-refractivity contribution in [2.24, 2.45) is 0 Å². The van der Waals surface area contributed by atoms with Crippen LogP contribution < -0.4 is 5.32 Å². The van der Waals surface area contributed by atoms with Crippen LogP contribution in [0.4, 0.5) is 0 Å². The number of ketones is 1. The molecule has 5 heteroatoms. The van der Waals surface area contributed by atoms with Crippen molar-refractivity contribution in [2.75, 3.05) is 0 Å². The summed E-state index contributed by atoms with van der Waals surface area (Å²) in [5.41, 5.74) is 2.30. The molecule has 112 valence electrons. The fourth-order valence-corrected chi connectivity index (χ4v) is 1.96. The van der Waals surface area contributed by atoms with E-state index < -0.39 is 0 Å². The Bertz CT molecular complexity index is 794. The first kappa shape index (κ1) is 15.9. The third-order valence-corrected chi connectivity index (χ3v) is 3.24. The van der Waals surface area contributed by atoms with Gasteiger partial charge in [0.2, 0.25) is 0 Å². The summed E-state index contributed by atoms with van der Waals surface area (Å²) in [7, 11) is 0. The van der Waals surface area contributed by atoms with E-state index in [0.29, 0.717) is 23.2 Å². The number of nitrogens with zero attached hydrogens (tertiary/aromatic N) is 2. The molecule has 1 amide bonds. The maximum absolute atomic E-state index is 12.0. The van der Waals surface area contributed by atoms with Gasteiger partial charge in [-0.3, -0.25) is 9.59 Å². The highest BCUT2D eigenvalue weighted by Gasteiger charge is 2.08. The monoisotopic (exact) mass is 303 g/mol. The maximum Gasteiger partial charge on any atom is 0.251 e. The van der Waals surface area contributed by atoms with Crippen LogP contribution in [0.15, 0.2) is 48.5 Å². The Morgan fingerprint density at radius 2 is 1.52 bits per heavy atom. The molecule has 2 aromatic carbocycles. The molecule has 23 heavy (non-hydrogen) atoms. The van der Waals surface area contributed by atoms with Gasteiger partial charge < -0.3 is 5.32 Å². The van der Waals surface area contributed by atoms with Crippen LogP contribution in [0.5, 0.6) is 0 Å². The molecule has 0 aliphatic rings. The van der Waals surface area contributed by atoms with E-state index in [1.54, 1.807) is 42.5 Å². The summed E-state index contributed by atoms with van der Waals surface area (Å²) < 4.78 is 0. The summed E-state index contributed by atoms with van der Waals surface area (Å²) in [6.07, 6.45) is -0.176. The van der Waals surface area contributed by atoms with Gasteiger partial charge in [-0.2, -0.15) is 10.5 Å². The number of rotatable bonds is 5. The maximum atomic E-state index is 12.0. The molecule has 5 nitrogen and oxygen atoms in total. The lowest BCUT2D eigenvalue weighted by atomic mass is 10.1. The second kappa shape index (κ2) is 7.53. The van der Waals surface area contributed by atoms with Crippen molar-refractivity contribution in [2.45, 2.75) is 13.0 Å². The summed E-state index contributed by atoms with van der Waals surface area (Å²) in [6.45, 7) is 0.347. The van der Waals surface area contributed by atoms with Crippen molar-refractivity contribution in [1.29, 1.82) is 10.5 Å². The van der Waals surface area contributed by atoms with Crippen LogP contribution in [0.1, 0.15) is 38.3 Å². The zero-order valence-electron chi connectivity index (χ0n) is 12.2. The van der Waals surface area contributed by atoms with Crippen molar-refractivity contribution in [3.05, 3.63) is 70.8 Å². The minimum absolute atomic E-state index is 0.176. The lowest BCUT2D eigenvalue weighted by Crippen LogP contribution is -2.22. The SMILES string of the molecule is N#CCC(=O)c1ccc(C(=O)NCc2ccc(C#N)cc2)cc1. The predicted octanol–water partition coefficient (Wildman–Crippen LogP) is 2.58. The number of benzene rings is 2. The third-order valence-electron chi connectivity index (χ3n) is 3.24. The smallest absolute Gasteiger partial charge is 0.251 e. The molecule has 2 aromatic rings. The summed E-state index contributed by atoms with van der Waals surface area (Å²) >= 11 is 0. The van der Waals surface area contributed by atoms with Crippen LogP contribution in [-0.4, -0.2) is 11.7 Å². The average Bonchev–Trinajstić information content (AvgIpc) is 2.60. The molecule has 0 atom stereocenters. The van der Waals surface area contributed by atoms with Crippen LogP contribution in [0, 0.1) is 22.7 Å². The zero-order valence-corrected chi connectivity index (χ0v) is 12.2. The first-order valence-corrected chi connectivity index (χ1v) is 6.91. The van der Waals surface area contributed by atoms with Gasteiger partial charge in [0.05, 0.1) is 24.1 Å². The van der Waals surface area contributed by atoms with Crippen LogP contribution in [-0.2, 0) is 6.54 Å². The summed E-state index contributed by atoms with van der Waals surface area (Å²) in [5, 5.41) is 20.0. The van der Waals surface area contributed by atoms with E-state index in [-0.39, 0.29) is 18.1 Å². The minimum atomic E-state index is -0.267. The second-order valence-electron chi connectivity index (χ2n) is 4.83. The van der Waals surface area contributed by atoms with Crippen molar-refractivity contribution in [3.63, 3.8) is 0 Å². The lowest BCUT2D eigenvalue weighted by molar-refractivity contribution is 0.0948. The Morgan fingerprint density at radius 1 is 0.913 bits per heavy atom. The Labute approximate surface area is 133 Å². The molecule has 0 saturated heterocycles. The van der Waals surface area contributed by atoms with E-state index in [1.165, 1.54) is 12.1 Å². The predicted molar refractivity (Wildman–Crippen MR) is 83.3 cm³/mol. The summed E-state index contributed by atoms with van der Waals surface area (Å²) in [6, 6.07) is 17.0. The van der Waals surface area contributed by atoms with E-state index in [0.717, 1.165) is 5.56 Å². The molecule has 0 radical (unpaired) electrons. The number of hydrogen-bond donors (Lipinski definition) is 1. The van der Waals surface area contributed by atoms with Crippen LogP contribution in [0.25, 0.3) is 0 Å². The molecule has 0 bridgehead atoms. The van der Waals surface area contributed by atoms with Gasteiger partial charge in [-0.25, -0.2) is 0 Å². The fraction of sp³-hybridized carbons (Fsp3) is 0.111. The summed E-state index contributed by atoms with van der Waals surface area (Å²) in [5.74, 6) is -0.523. The Morgan fingerprint density at radius 3 is 2.09 bits per heavy atom. The normalized spacial score (nSPS) is 9.48. The highest BCUT2D eigenvalue weighted by molar-refractivity contribution is 5.99. The molecule has 0 aliphatic carbocycles. The molecule has 2 rings (SSSR count). The molecule has 0 fully saturated rings. The van der Waals surface area contributed by atoms with Gasteiger partial charge in [0.25, 0.3) is 5.91 Å². The number of carbonyl (C=O) groups excluding carboxylic acids is 2. The van der Waals surface area contributed by atoms with Gasteiger partial charge in [-0.05, 0) is 29.8 Å². The Balaban J connectivity index is 1.96. The van der Waals surface area contributed by atoms with Crippen molar-refractivity contribution < 1.29 is 9.59 Å². The van der Waals surface area contributed by atoms with Crippen molar-refractivity contribution in [3.8, 4) is 12.1 Å². The van der Waals surface area contributed by atoms with E-state index in [4.69, 9.17) is 10.5 Å².